The number of carbonyl (C=O) groups excluding carboxylic acids is 1. The molecule has 1 aromatic rings. The van der Waals surface area contributed by atoms with Gasteiger partial charge < -0.3 is 19.7 Å². The minimum Gasteiger partial charge on any atom is -0.492 e. The second-order valence-corrected chi connectivity index (χ2v) is 5.48. The Labute approximate surface area is 125 Å². The molecule has 0 spiro atoms. The van der Waals surface area contributed by atoms with E-state index in [0.717, 1.165) is 30.1 Å². The average molecular weight is 290 g/mol. The SMILES string of the molecule is CCCN1c2cccc(OCC)c2NC(=O)C2COCC21. The Hall–Kier alpha value is -1.75. The predicted molar refractivity (Wildman–Crippen MR) is 82.0 cm³/mol. The predicted octanol–water partition coefficient (Wildman–Crippen LogP) is 2.27. The first-order valence-electron chi connectivity index (χ1n) is 7.67. The molecule has 114 valence electrons. The van der Waals surface area contributed by atoms with Gasteiger partial charge in [-0.05, 0) is 25.5 Å². The molecular formula is C16H22N2O3. The van der Waals surface area contributed by atoms with Crippen LogP contribution in [-0.4, -0.2) is 38.3 Å². The fourth-order valence-corrected chi connectivity index (χ4v) is 3.18. The van der Waals surface area contributed by atoms with Crippen LogP contribution in [0.1, 0.15) is 20.3 Å². The number of amides is 1. The summed E-state index contributed by atoms with van der Waals surface area (Å²) >= 11 is 0. The summed E-state index contributed by atoms with van der Waals surface area (Å²) in [4.78, 5) is 14.8. The lowest BCUT2D eigenvalue weighted by Crippen LogP contribution is -2.42. The Morgan fingerprint density at radius 2 is 2.24 bits per heavy atom. The van der Waals surface area contributed by atoms with Crippen molar-refractivity contribution in [2.75, 3.05) is 36.6 Å². The molecule has 2 heterocycles. The van der Waals surface area contributed by atoms with Crippen molar-refractivity contribution in [3.05, 3.63) is 18.2 Å². The van der Waals surface area contributed by atoms with E-state index in [0.29, 0.717) is 19.8 Å². The minimum absolute atomic E-state index is 0.0320. The standard InChI is InChI=1S/C16H22N2O3/c1-3-8-18-12-6-5-7-14(21-4-2)15(12)17-16(19)11-9-20-10-13(11)18/h5-7,11,13H,3-4,8-10H2,1-2H3,(H,17,19). The molecule has 2 unspecified atom stereocenters. The molecule has 0 saturated carbocycles. The van der Waals surface area contributed by atoms with Crippen molar-refractivity contribution in [1.82, 2.24) is 0 Å². The summed E-state index contributed by atoms with van der Waals surface area (Å²) in [6, 6.07) is 6.05. The normalized spacial score (nSPS) is 24.1. The molecule has 2 atom stereocenters. The van der Waals surface area contributed by atoms with Crippen LogP contribution in [-0.2, 0) is 9.53 Å². The lowest BCUT2D eigenvalue weighted by molar-refractivity contribution is -0.120. The lowest BCUT2D eigenvalue weighted by Gasteiger charge is -2.31. The molecule has 2 aliphatic rings. The van der Waals surface area contributed by atoms with Crippen LogP contribution in [0, 0.1) is 5.92 Å². The van der Waals surface area contributed by atoms with Gasteiger partial charge in [-0.25, -0.2) is 0 Å². The number of fused-ring (bicyclic) bond motifs is 2. The van der Waals surface area contributed by atoms with E-state index < -0.39 is 0 Å². The summed E-state index contributed by atoms with van der Waals surface area (Å²) in [5.41, 5.74) is 1.83. The van der Waals surface area contributed by atoms with Crippen LogP contribution < -0.4 is 15.0 Å². The van der Waals surface area contributed by atoms with Crippen LogP contribution in [0.2, 0.25) is 0 Å². The van der Waals surface area contributed by atoms with E-state index in [1.807, 2.05) is 19.1 Å². The molecule has 3 rings (SSSR count). The summed E-state index contributed by atoms with van der Waals surface area (Å²) in [7, 11) is 0. The number of nitrogens with one attached hydrogen (secondary N) is 1. The van der Waals surface area contributed by atoms with Crippen LogP contribution in [0.4, 0.5) is 11.4 Å². The summed E-state index contributed by atoms with van der Waals surface area (Å²) in [6.45, 7) is 6.69. The molecule has 0 aromatic heterocycles. The Morgan fingerprint density at radius 1 is 1.38 bits per heavy atom. The van der Waals surface area contributed by atoms with Crippen LogP contribution in [0.3, 0.4) is 0 Å². The maximum absolute atomic E-state index is 12.5. The van der Waals surface area contributed by atoms with Crippen molar-refractivity contribution < 1.29 is 14.3 Å². The first-order valence-corrected chi connectivity index (χ1v) is 7.67. The number of ether oxygens (including phenoxy) is 2. The monoisotopic (exact) mass is 290 g/mol. The largest absolute Gasteiger partial charge is 0.492 e. The number of para-hydroxylation sites is 1. The van der Waals surface area contributed by atoms with Gasteiger partial charge in [-0.1, -0.05) is 13.0 Å². The van der Waals surface area contributed by atoms with E-state index in [2.05, 4.69) is 23.2 Å². The van der Waals surface area contributed by atoms with Gasteiger partial charge in [-0.15, -0.1) is 0 Å². The Kier molecular flexibility index (Phi) is 4.01. The number of nitrogens with zero attached hydrogens (tertiary/aromatic N) is 1. The van der Waals surface area contributed by atoms with Crippen LogP contribution in [0.25, 0.3) is 0 Å². The zero-order valence-electron chi connectivity index (χ0n) is 12.6. The molecule has 1 saturated heterocycles. The summed E-state index contributed by atoms with van der Waals surface area (Å²) in [5, 5.41) is 3.05. The molecule has 0 radical (unpaired) electrons. The Morgan fingerprint density at radius 3 is 3.00 bits per heavy atom. The van der Waals surface area contributed by atoms with Gasteiger partial charge in [0.1, 0.15) is 11.4 Å². The van der Waals surface area contributed by atoms with Crippen molar-refractivity contribution in [2.45, 2.75) is 26.3 Å². The average Bonchev–Trinajstić information content (AvgIpc) is 2.92. The van der Waals surface area contributed by atoms with E-state index in [9.17, 15) is 4.79 Å². The molecule has 5 nitrogen and oxygen atoms in total. The highest BCUT2D eigenvalue weighted by atomic mass is 16.5. The number of carbonyl (C=O) groups is 1. The van der Waals surface area contributed by atoms with Crippen molar-refractivity contribution in [3.8, 4) is 5.75 Å². The highest BCUT2D eigenvalue weighted by molar-refractivity contribution is 6.00. The third kappa shape index (κ3) is 2.46. The number of benzene rings is 1. The molecule has 5 heteroatoms. The van der Waals surface area contributed by atoms with E-state index >= 15 is 0 Å². The van der Waals surface area contributed by atoms with Gasteiger partial charge in [-0.3, -0.25) is 4.79 Å². The molecule has 21 heavy (non-hydrogen) atoms. The minimum atomic E-state index is -0.113. The molecule has 1 aromatic carbocycles. The molecule has 1 fully saturated rings. The molecule has 2 aliphatic heterocycles. The summed E-state index contributed by atoms with van der Waals surface area (Å²) < 4.78 is 11.2. The quantitative estimate of drug-likeness (QED) is 0.924. The number of hydrogen-bond acceptors (Lipinski definition) is 4. The smallest absolute Gasteiger partial charge is 0.232 e. The maximum Gasteiger partial charge on any atom is 0.232 e. The highest BCUT2D eigenvalue weighted by Gasteiger charge is 2.41. The highest BCUT2D eigenvalue weighted by Crippen LogP contribution is 2.41. The van der Waals surface area contributed by atoms with Gasteiger partial charge >= 0.3 is 0 Å². The van der Waals surface area contributed by atoms with Gasteiger partial charge in [0.2, 0.25) is 5.91 Å². The number of rotatable bonds is 4. The molecule has 0 bridgehead atoms. The van der Waals surface area contributed by atoms with E-state index in [1.165, 1.54) is 0 Å². The molecule has 1 amide bonds. The van der Waals surface area contributed by atoms with Crippen molar-refractivity contribution >= 4 is 17.3 Å². The first-order chi connectivity index (χ1) is 10.3. The topological polar surface area (TPSA) is 50.8 Å². The lowest BCUT2D eigenvalue weighted by atomic mass is 10.0. The zero-order chi connectivity index (χ0) is 14.8. The van der Waals surface area contributed by atoms with Gasteiger partial charge in [0.25, 0.3) is 0 Å². The van der Waals surface area contributed by atoms with E-state index in [-0.39, 0.29) is 17.9 Å². The van der Waals surface area contributed by atoms with Crippen molar-refractivity contribution in [3.63, 3.8) is 0 Å². The fraction of sp³-hybridized carbons (Fsp3) is 0.562. The molecule has 0 aliphatic carbocycles. The second-order valence-electron chi connectivity index (χ2n) is 5.48. The fourth-order valence-electron chi connectivity index (χ4n) is 3.18. The van der Waals surface area contributed by atoms with E-state index in [4.69, 9.17) is 9.47 Å². The molecular weight excluding hydrogens is 268 g/mol. The van der Waals surface area contributed by atoms with Crippen LogP contribution in [0.5, 0.6) is 5.75 Å². The third-order valence-electron chi connectivity index (χ3n) is 4.11. The van der Waals surface area contributed by atoms with Crippen molar-refractivity contribution in [1.29, 1.82) is 0 Å². The summed E-state index contributed by atoms with van der Waals surface area (Å²) in [6.07, 6.45) is 1.02. The third-order valence-corrected chi connectivity index (χ3v) is 4.11. The van der Waals surface area contributed by atoms with Crippen LogP contribution >= 0.6 is 0 Å². The number of anilines is 2. The zero-order valence-corrected chi connectivity index (χ0v) is 12.6. The summed E-state index contributed by atoms with van der Waals surface area (Å²) in [5.74, 6) is 0.660. The molecule has 1 N–H and O–H groups in total. The maximum atomic E-state index is 12.5. The van der Waals surface area contributed by atoms with Gasteiger partial charge in [-0.2, -0.15) is 0 Å². The Bertz CT molecular complexity index is 532. The second kappa shape index (κ2) is 5.93. The van der Waals surface area contributed by atoms with E-state index in [1.54, 1.807) is 0 Å². The van der Waals surface area contributed by atoms with Gasteiger partial charge in [0.05, 0.1) is 37.5 Å². The van der Waals surface area contributed by atoms with Crippen LogP contribution in [0.15, 0.2) is 18.2 Å². The van der Waals surface area contributed by atoms with Gasteiger partial charge in [0, 0.05) is 6.54 Å². The van der Waals surface area contributed by atoms with Gasteiger partial charge in [0.15, 0.2) is 0 Å². The first kappa shape index (κ1) is 14.2. The van der Waals surface area contributed by atoms with Crippen molar-refractivity contribution in [2.24, 2.45) is 5.92 Å². The number of hydrogen-bond donors (Lipinski definition) is 1. The Balaban J connectivity index is 2.07.